The highest BCUT2D eigenvalue weighted by Gasteiger charge is 2.14. The van der Waals surface area contributed by atoms with Crippen LogP contribution in [0, 0.1) is 0 Å². The van der Waals surface area contributed by atoms with E-state index in [4.69, 9.17) is 0 Å². The Kier molecular flexibility index (Phi) is 1.58. The number of imidazole rings is 1. The molecule has 0 aliphatic heterocycles. The van der Waals surface area contributed by atoms with E-state index in [1.807, 2.05) is 30.4 Å². The lowest BCUT2D eigenvalue weighted by Crippen LogP contribution is -1.90. The van der Waals surface area contributed by atoms with Crippen molar-refractivity contribution in [3.8, 4) is 0 Å². The van der Waals surface area contributed by atoms with Crippen molar-refractivity contribution in [2.45, 2.75) is 0 Å². The molecule has 0 unspecified atom stereocenters. The summed E-state index contributed by atoms with van der Waals surface area (Å²) in [6.07, 6.45) is 7.81. The maximum Gasteiger partial charge on any atom is 0.155 e. The molecule has 0 aromatic carbocycles. The first-order chi connectivity index (χ1) is 6.86. The van der Waals surface area contributed by atoms with Gasteiger partial charge in [-0.2, -0.15) is 5.10 Å². The summed E-state index contributed by atoms with van der Waals surface area (Å²) in [5.41, 5.74) is 2.95. The van der Waals surface area contributed by atoms with Crippen LogP contribution < -0.4 is 0 Å². The number of aromatic nitrogens is 3. The van der Waals surface area contributed by atoms with Crippen LogP contribution in [0.5, 0.6) is 0 Å². The van der Waals surface area contributed by atoms with Crippen LogP contribution in [0.25, 0.3) is 11.2 Å². The lowest BCUT2D eigenvalue weighted by atomic mass is 10.1. The van der Waals surface area contributed by atoms with Crippen LogP contribution in [0.2, 0.25) is 0 Å². The molecular weight excluding hydrogens is 242 g/mol. The topological polar surface area (TPSA) is 30.2 Å². The Hall–Kier alpha value is -1.42. The summed E-state index contributed by atoms with van der Waals surface area (Å²) in [4.78, 5) is 4.47. The van der Waals surface area contributed by atoms with E-state index in [0.717, 1.165) is 21.5 Å². The molecule has 0 saturated heterocycles. The van der Waals surface area contributed by atoms with Crippen molar-refractivity contribution in [3.63, 3.8) is 0 Å². The lowest BCUT2D eigenvalue weighted by molar-refractivity contribution is 0.915. The highest BCUT2D eigenvalue weighted by molar-refractivity contribution is 9.10. The highest BCUT2D eigenvalue weighted by atomic mass is 79.9. The van der Waals surface area contributed by atoms with Crippen LogP contribution in [0.1, 0.15) is 5.69 Å². The third kappa shape index (κ3) is 0.974. The summed E-state index contributed by atoms with van der Waals surface area (Å²) in [7, 11) is 0. The zero-order chi connectivity index (χ0) is 9.54. The Morgan fingerprint density at radius 2 is 2.21 bits per heavy atom. The van der Waals surface area contributed by atoms with E-state index in [9.17, 15) is 0 Å². The first kappa shape index (κ1) is 7.94. The zero-order valence-electron chi connectivity index (χ0n) is 7.18. The highest BCUT2D eigenvalue weighted by Crippen LogP contribution is 2.28. The molecule has 0 N–H and O–H groups in total. The van der Waals surface area contributed by atoms with Gasteiger partial charge in [0.2, 0.25) is 0 Å². The molecule has 2 aromatic heterocycles. The first-order valence-corrected chi connectivity index (χ1v) is 5.03. The maximum atomic E-state index is 4.47. The fourth-order valence-electron chi connectivity index (χ4n) is 1.39. The molecule has 0 atom stereocenters. The van der Waals surface area contributed by atoms with Crippen molar-refractivity contribution < 1.29 is 0 Å². The Labute approximate surface area is 88.9 Å². The normalized spacial score (nSPS) is 14.2. The smallest absolute Gasteiger partial charge is 0.155 e. The Balaban J connectivity index is 2.30. The van der Waals surface area contributed by atoms with E-state index < -0.39 is 0 Å². The quantitative estimate of drug-likeness (QED) is 0.775. The summed E-state index contributed by atoms with van der Waals surface area (Å²) in [5, 5.41) is 4.20. The van der Waals surface area contributed by atoms with Gasteiger partial charge in [0.25, 0.3) is 0 Å². The monoisotopic (exact) mass is 247 g/mol. The first-order valence-electron chi connectivity index (χ1n) is 4.24. The fourth-order valence-corrected chi connectivity index (χ4v) is 1.99. The minimum absolute atomic E-state index is 0.857. The molecule has 0 fully saturated rings. The van der Waals surface area contributed by atoms with Crippen LogP contribution in [0.3, 0.4) is 0 Å². The minimum Gasteiger partial charge on any atom is -0.226 e. The van der Waals surface area contributed by atoms with Gasteiger partial charge in [-0.15, -0.1) is 0 Å². The molecule has 3 rings (SSSR count). The van der Waals surface area contributed by atoms with Crippen LogP contribution in [-0.2, 0) is 0 Å². The molecular formula is C10H6BrN3. The number of hydrogen-bond acceptors (Lipinski definition) is 2. The second kappa shape index (κ2) is 2.78. The van der Waals surface area contributed by atoms with Gasteiger partial charge in [0.05, 0.1) is 0 Å². The Bertz CT molecular complexity index is 566. The predicted molar refractivity (Wildman–Crippen MR) is 57.8 cm³/mol. The van der Waals surface area contributed by atoms with E-state index in [1.165, 1.54) is 0 Å². The molecule has 0 spiro atoms. The van der Waals surface area contributed by atoms with Crippen molar-refractivity contribution in [2.24, 2.45) is 0 Å². The molecule has 0 radical (unpaired) electrons. The summed E-state index contributed by atoms with van der Waals surface area (Å²) in [5.74, 6) is 0. The van der Waals surface area contributed by atoms with Gasteiger partial charge in [-0.1, -0.05) is 18.2 Å². The van der Waals surface area contributed by atoms with Crippen LogP contribution in [0.4, 0.5) is 0 Å². The third-order valence-electron chi connectivity index (χ3n) is 2.16. The van der Waals surface area contributed by atoms with Crippen LogP contribution in [0.15, 0.2) is 41.2 Å². The summed E-state index contributed by atoms with van der Waals surface area (Å²) < 4.78 is 2.69. The molecule has 0 saturated carbocycles. The molecule has 68 valence electrons. The molecule has 2 aromatic rings. The van der Waals surface area contributed by atoms with E-state index in [0.29, 0.717) is 0 Å². The number of allylic oxidation sites excluding steroid dienone is 4. The average Bonchev–Trinajstić information content (AvgIpc) is 2.43. The van der Waals surface area contributed by atoms with Crippen molar-refractivity contribution in [2.75, 3.05) is 0 Å². The van der Waals surface area contributed by atoms with Gasteiger partial charge in [0, 0.05) is 11.8 Å². The molecule has 14 heavy (non-hydrogen) atoms. The SMILES string of the molecule is Brc1c(C2=CC=C2)nc2cccnn12. The zero-order valence-corrected chi connectivity index (χ0v) is 8.77. The lowest BCUT2D eigenvalue weighted by Gasteiger charge is -2.02. The average molecular weight is 248 g/mol. The van der Waals surface area contributed by atoms with E-state index in [2.05, 4.69) is 26.0 Å². The summed E-state index contributed by atoms with van der Waals surface area (Å²) in [6, 6.07) is 3.81. The maximum absolute atomic E-state index is 4.47. The van der Waals surface area contributed by atoms with Crippen molar-refractivity contribution in [3.05, 3.63) is 46.9 Å². The van der Waals surface area contributed by atoms with Gasteiger partial charge in [-0.05, 0) is 28.1 Å². The molecule has 1 aliphatic carbocycles. The molecule has 2 heterocycles. The van der Waals surface area contributed by atoms with Crippen LogP contribution in [-0.4, -0.2) is 14.6 Å². The Morgan fingerprint density at radius 3 is 2.86 bits per heavy atom. The van der Waals surface area contributed by atoms with Crippen molar-refractivity contribution in [1.82, 2.24) is 14.6 Å². The predicted octanol–water partition coefficient (Wildman–Crippen LogP) is 2.45. The van der Waals surface area contributed by atoms with Gasteiger partial charge >= 0.3 is 0 Å². The number of nitrogens with zero attached hydrogens (tertiary/aromatic N) is 3. The van der Waals surface area contributed by atoms with Crippen molar-refractivity contribution in [1.29, 1.82) is 0 Å². The number of hydrogen-bond donors (Lipinski definition) is 0. The van der Waals surface area contributed by atoms with E-state index >= 15 is 0 Å². The number of halogens is 1. The standard InChI is InChI=1S/C10H6BrN3/c11-10-9(7-3-1-4-7)13-8-5-2-6-12-14(8)10/h1-6H. The van der Waals surface area contributed by atoms with E-state index in [-0.39, 0.29) is 0 Å². The molecule has 0 amide bonds. The number of fused-ring (bicyclic) bond motifs is 1. The molecule has 0 bridgehead atoms. The minimum atomic E-state index is 0.857. The van der Waals surface area contributed by atoms with Crippen LogP contribution >= 0.6 is 15.9 Å². The van der Waals surface area contributed by atoms with Gasteiger partial charge in [0.1, 0.15) is 10.3 Å². The largest absolute Gasteiger partial charge is 0.226 e. The molecule has 1 aliphatic rings. The van der Waals surface area contributed by atoms with Crippen molar-refractivity contribution >= 4 is 27.2 Å². The van der Waals surface area contributed by atoms with E-state index in [1.54, 1.807) is 10.7 Å². The number of rotatable bonds is 1. The van der Waals surface area contributed by atoms with Gasteiger partial charge < -0.3 is 0 Å². The van der Waals surface area contributed by atoms with Gasteiger partial charge in [0.15, 0.2) is 5.65 Å². The fraction of sp³-hybridized carbons (Fsp3) is 0. The third-order valence-corrected chi connectivity index (χ3v) is 2.87. The second-order valence-electron chi connectivity index (χ2n) is 3.03. The van der Waals surface area contributed by atoms with Gasteiger partial charge in [-0.3, -0.25) is 0 Å². The molecule has 4 heteroatoms. The summed E-state index contributed by atoms with van der Waals surface area (Å²) in [6.45, 7) is 0. The Morgan fingerprint density at radius 1 is 1.36 bits per heavy atom. The second-order valence-corrected chi connectivity index (χ2v) is 3.78. The molecule has 3 nitrogen and oxygen atoms in total. The van der Waals surface area contributed by atoms with Gasteiger partial charge in [-0.25, -0.2) is 9.50 Å². The summed E-state index contributed by atoms with van der Waals surface area (Å²) >= 11 is 3.49.